The van der Waals surface area contributed by atoms with Gasteiger partial charge in [0, 0.05) is 16.1 Å². The molecule has 124 valence electrons. The number of carbonyl (C=O) groups excluding carboxylic acids is 1. The first-order valence-corrected chi connectivity index (χ1v) is 8.12. The van der Waals surface area contributed by atoms with Gasteiger partial charge in [0.15, 0.2) is 11.5 Å². The van der Waals surface area contributed by atoms with E-state index in [1.165, 1.54) is 6.08 Å². The fourth-order valence-corrected chi connectivity index (χ4v) is 2.95. The van der Waals surface area contributed by atoms with E-state index in [4.69, 9.17) is 32.7 Å². The summed E-state index contributed by atoms with van der Waals surface area (Å²) in [5.41, 5.74) is 1.66. The number of hydrogen-bond donors (Lipinski definition) is 1. The van der Waals surface area contributed by atoms with Crippen LogP contribution in [0.15, 0.2) is 42.5 Å². The van der Waals surface area contributed by atoms with Crippen molar-refractivity contribution in [2.45, 2.75) is 13.0 Å². The van der Waals surface area contributed by atoms with Gasteiger partial charge in [-0.15, -0.1) is 0 Å². The average molecular weight is 364 g/mol. The van der Waals surface area contributed by atoms with Crippen molar-refractivity contribution in [3.8, 4) is 11.5 Å². The first-order valence-electron chi connectivity index (χ1n) is 7.36. The lowest BCUT2D eigenvalue weighted by molar-refractivity contribution is -0.117. The SMILES string of the molecule is C[C@@H](NC(=O)/C=C/c1ccc2c(c1)OCO2)c1ccc(Cl)cc1Cl. The van der Waals surface area contributed by atoms with Crippen LogP contribution in [-0.2, 0) is 4.79 Å². The molecular formula is C18H15Cl2NO3. The Bertz CT molecular complexity index is 805. The van der Waals surface area contributed by atoms with Gasteiger partial charge in [-0.1, -0.05) is 35.3 Å². The molecule has 1 amide bonds. The lowest BCUT2D eigenvalue weighted by Crippen LogP contribution is -2.24. The minimum Gasteiger partial charge on any atom is -0.454 e. The van der Waals surface area contributed by atoms with Crippen LogP contribution in [0.25, 0.3) is 6.08 Å². The number of nitrogens with one attached hydrogen (secondary N) is 1. The highest BCUT2D eigenvalue weighted by molar-refractivity contribution is 6.35. The molecule has 1 N–H and O–H groups in total. The van der Waals surface area contributed by atoms with Crippen LogP contribution in [0.4, 0.5) is 0 Å². The van der Waals surface area contributed by atoms with Crippen LogP contribution < -0.4 is 14.8 Å². The van der Waals surface area contributed by atoms with Crippen molar-refractivity contribution in [1.82, 2.24) is 5.32 Å². The van der Waals surface area contributed by atoms with E-state index < -0.39 is 0 Å². The van der Waals surface area contributed by atoms with Gasteiger partial charge < -0.3 is 14.8 Å². The second-order valence-corrected chi connectivity index (χ2v) is 6.19. The fourth-order valence-electron chi connectivity index (χ4n) is 2.38. The van der Waals surface area contributed by atoms with Crippen molar-refractivity contribution in [2.24, 2.45) is 0 Å². The number of benzene rings is 2. The molecule has 2 aromatic carbocycles. The van der Waals surface area contributed by atoms with Gasteiger partial charge >= 0.3 is 0 Å². The molecule has 0 unspecified atom stereocenters. The van der Waals surface area contributed by atoms with Gasteiger partial charge in [-0.25, -0.2) is 0 Å². The first-order chi connectivity index (χ1) is 11.5. The molecule has 1 heterocycles. The maximum atomic E-state index is 12.1. The molecule has 24 heavy (non-hydrogen) atoms. The summed E-state index contributed by atoms with van der Waals surface area (Å²) < 4.78 is 10.6. The number of halogens is 2. The van der Waals surface area contributed by atoms with E-state index in [0.29, 0.717) is 21.5 Å². The summed E-state index contributed by atoms with van der Waals surface area (Å²) in [5.74, 6) is 1.17. The summed E-state index contributed by atoms with van der Waals surface area (Å²) in [6, 6.07) is 10.5. The number of hydrogen-bond acceptors (Lipinski definition) is 3. The van der Waals surface area contributed by atoms with Gasteiger partial charge in [0.2, 0.25) is 12.7 Å². The summed E-state index contributed by atoms with van der Waals surface area (Å²) in [5, 5.41) is 3.95. The Labute approximate surface area is 150 Å². The monoisotopic (exact) mass is 363 g/mol. The topological polar surface area (TPSA) is 47.6 Å². The van der Waals surface area contributed by atoms with Crippen LogP contribution >= 0.6 is 23.2 Å². The standard InChI is InChI=1S/C18H15Cl2NO3/c1-11(14-5-4-13(19)9-15(14)20)21-18(22)7-3-12-2-6-16-17(8-12)24-10-23-16/h2-9,11H,10H2,1H3,(H,21,22)/b7-3+/t11-/m1/s1. The second kappa shape index (κ2) is 7.16. The average Bonchev–Trinajstić information content (AvgIpc) is 3.00. The highest BCUT2D eigenvalue weighted by atomic mass is 35.5. The Hall–Kier alpha value is -2.17. The second-order valence-electron chi connectivity index (χ2n) is 5.34. The Morgan fingerprint density at radius 2 is 1.96 bits per heavy atom. The van der Waals surface area contributed by atoms with Gasteiger partial charge in [-0.05, 0) is 48.4 Å². The quantitative estimate of drug-likeness (QED) is 0.806. The third-order valence-corrected chi connectivity index (χ3v) is 4.17. The van der Waals surface area contributed by atoms with Crippen LogP contribution in [0.5, 0.6) is 11.5 Å². The van der Waals surface area contributed by atoms with Gasteiger partial charge in [0.25, 0.3) is 0 Å². The molecule has 0 spiro atoms. The summed E-state index contributed by atoms with van der Waals surface area (Å²) in [6.07, 6.45) is 3.19. The molecule has 0 aromatic heterocycles. The zero-order chi connectivity index (χ0) is 17.1. The molecule has 2 aromatic rings. The first kappa shape index (κ1) is 16.7. The zero-order valence-electron chi connectivity index (χ0n) is 12.9. The van der Waals surface area contributed by atoms with Gasteiger partial charge in [0.05, 0.1) is 6.04 Å². The molecule has 0 bridgehead atoms. The predicted octanol–water partition coefficient (Wildman–Crippen LogP) is 4.61. The van der Waals surface area contributed by atoms with Gasteiger partial charge in [-0.3, -0.25) is 4.79 Å². The molecule has 4 nitrogen and oxygen atoms in total. The summed E-state index contributed by atoms with van der Waals surface area (Å²) in [4.78, 5) is 12.1. The van der Waals surface area contributed by atoms with E-state index in [9.17, 15) is 4.79 Å². The molecule has 0 radical (unpaired) electrons. The third-order valence-electron chi connectivity index (χ3n) is 3.61. The molecule has 0 saturated heterocycles. The maximum Gasteiger partial charge on any atom is 0.244 e. The smallest absolute Gasteiger partial charge is 0.244 e. The fraction of sp³-hybridized carbons (Fsp3) is 0.167. The maximum absolute atomic E-state index is 12.1. The van der Waals surface area contributed by atoms with Crippen LogP contribution in [0.1, 0.15) is 24.1 Å². The minimum atomic E-state index is -0.233. The molecule has 1 aliphatic rings. The number of rotatable bonds is 4. The van der Waals surface area contributed by atoms with Crippen molar-refractivity contribution in [1.29, 1.82) is 0 Å². The van der Waals surface area contributed by atoms with Crippen LogP contribution in [-0.4, -0.2) is 12.7 Å². The van der Waals surface area contributed by atoms with Crippen LogP contribution in [0, 0.1) is 0 Å². The van der Waals surface area contributed by atoms with E-state index >= 15 is 0 Å². The highest BCUT2D eigenvalue weighted by Crippen LogP contribution is 2.32. The Balaban J connectivity index is 1.64. The minimum absolute atomic E-state index is 0.216. The van der Waals surface area contributed by atoms with Crippen molar-refractivity contribution < 1.29 is 14.3 Å². The Kier molecular flexibility index (Phi) is 4.97. The van der Waals surface area contributed by atoms with Crippen molar-refractivity contribution >= 4 is 35.2 Å². The Morgan fingerprint density at radius 1 is 1.17 bits per heavy atom. The molecule has 3 rings (SSSR count). The van der Waals surface area contributed by atoms with E-state index in [-0.39, 0.29) is 18.7 Å². The van der Waals surface area contributed by atoms with Crippen molar-refractivity contribution in [3.05, 3.63) is 63.6 Å². The van der Waals surface area contributed by atoms with Gasteiger partial charge in [-0.2, -0.15) is 0 Å². The largest absolute Gasteiger partial charge is 0.454 e. The van der Waals surface area contributed by atoms with Crippen LogP contribution in [0.2, 0.25) is 10.0 Å². The number of fused-ring (bicyclic) bond motifs is 1. The Morgan fingerprint density at radius 3 is 2.75 bits per heavy atom. The lowest BCUT2D eigenvalue weighted by Gasteiger charge is -2.14. The molecular weight excluding hydrogens is 349 g/mol. The van der Waals surface area contributed by atoms with E-state index in [2.05, 4.69) is 5.32 Å². The predicted molar refractivity (Wildman–Crippen MR) is 94.6 cm³/mol. The molecule has 0 fully saturated rings. The van der Waals surface area contributed by atoms with E-state index in [0.717, 1.165) is 11.1 Å². The third kappa shape index (κ3) is 3.83. The molecule has 6 heteroatoms. The molecule has 1 atom stereocenters. The summed E-state index contributed by atoms with van der Waals surface area (Å²) in [7, 11) is 0. The van der Waals surface area contributed by atoms with Gasteiger partial charge in [0.1, 0.15) is 0 Å². The summed E-state index contributed by atoms with van der Waals surface area (Å²) in [6.45, 7) is 2.09. The van der Waals surface area contributed by atoms with E-state index in [1.807, 2.05) is 25.1 Å². The highest BCUT2D eigenvalue weighted by Gasteiger charge is 2.13. The van der Waals surface area contributed by atoms with Crippen molar-refractivity contribution in [3.63, 3.8) is 0 Å². The molecule has 0 aliphatic carbocycles. The number of carbonyl (C=O) groups is 1. The lowest BCUT2D eigenvalue weighted by atomic mass is 10.1. The number of ether oxygens (including phenoxy) is 2. The normalized spacial score (nSPS) is 14.0. The van der Waals surface area contributed by atoms with Crippen LogP contribution in [0.3, 0.4) is 0 Å². The molecule has 0 saturated carbocycles. The number of amides is 1. The summed E-state index contributed by atoms with van der Waals surface area (Å²) >= 11 is 12.0. The van der Waals surface area contributed by atoms with E-state index in [1.54, 1.807) is 24.3 Å². The molecule has 1 aliphatic heterocycles. The zero-order valence-corrected chi connectivity index (χ0v) is 14.4. The van der Waals surface area contributed by atoms with Crippen molar-refractivity contribution in [2.75, 3.05) is 6.79 Å².